The van der Waals surface area contributed by atoms with Crippen LogP contribution in [0.25, 0.3) is 0 Å². The van der Waals surface area contributed by atoms with Crippen molar-refractivity contribution in [3.05, 3.63) is 41.7 Å². The van der Waals surface area contributed by atoms with E-state index in [2.05, 4.69) is 23.9 Å². The van der Waals surface area contributed by atoms with Crippen molar-refractivity contribution in [2.75, 3.05) is 6.54 Å². The molecule has 1 aromatic carbocycles. The molecule has 2 N–H and O–H groups in total. The SMILES string of the molecule is CC(C)Cn1ncnc1COc1ccc(CCN)cc1F. The number of nitrogens with zero attached hydrogens (tertiary/aromatic N) is 3. The van der Waals surface area contributed by atoms with Crippen molar-refractivity contribution in [3.8, 4) is 5.75 Å². The van der Waals surface area contributed by atoms with Crippen LogP contribution < -0.4 is 10.5 Å². The second kappa shape index (κ2) is 7.17. The molecule has 0 aliphatic heterocycles. The number of hydrogen-bond acceptors (Lipinski definition) is 4. The van der Waals surface area contributed by atoms with Crippen molar-refractivity contribution in [2.24, 2.45) is 11.7 Å². The van der Waals surface area contributed by atoms with Gasteiger partial charge in [0, 0.05) is 6.54 Å². The summed E-state index contributed by atoms with van der Waals surface area (Å²) in [5.41, 5.74) is 6.32. The zero-order valence-electron chi connectivity index (χ0n) is 12.4. The molecule has 0 fully saturated rings. The fourth-order valence-electron chi connectivity index (χ4n) is 2.02. The van der Waals surface area contributed by atoms with Crippen LogP contribution in [0.2, 0.25) is 0 Å². The zero-order chi connectivity index (χ0) is 15.2. The molecule has 114 valence electrons. The summed E-state index contributed by atoms with van der Waals surface area (Å²) in [6.07, 6.45) is 2.14. The molecule has 0 spiro atoms. The molecule has 1 aromatic heterocycles. The van der Waals surface area contributed by atoms with Crippen molar-refractivity contribution < 1.29 is 9.13 Å². The molecule has 0 bridgehead atoms. The maximum atomic E-state index is 13.9. The molecule has 6 heteroatoms. The lowest BCUT2D eigenvalue weighted by atomic mass is 10.1. The van der Waals surface area contributed by atoms with E-state index in [1.165, 1.54) is 12.4 Å². The van der Waals surface area contributed by atoms with Gasteiger partial charge in [-0.05, 0) is 36.6 Å². The van der Waals surface area contributed by atoms with Crippen molar-refractivity contribution in [3.63, 3.8) is 0 Å². The maximum absolute atomic E-state index is 13.9. The van der Waals surface area contributed by atoms with Gasteiger partial charge in [-0.25, -0.2) is 14.1 Å². The Labute approximate surface area is 123 Å². The van der Waals surface area contributed by atoms with Crippen molar-refractivity contribution in [1.29, 1.82) is 0 Å². The average molecular weight is 292 g/mol. The Kier molecular flexibility index (Phi) is 5.27. The number of rotatable bonds is 7. The van der Waals surface area contributed by atoms with Crippen LogP contribution in [0, 0.1) is 11.7 Å². The van der Waals surface area contributed by atoms with Crippen LogP contribution in [0.4, 0.5) is 4.39 Å². The molecule has 0 aliphatic carbocycles. The predicted molar refractivity (Wildman–Crippen MR) is 78.4 cm³/mol. The molecular formula is C15H21FN4O. The Morgan fingerprint density at radius 3 is 2.86 bits per heavy atom. The first kappa shape index (κ1) is 15.4. The van der Waals surface area contributed by atoms with E-state index in [4.69, 9.17) is 10.5 Å². The van der Waals surface area contributed by atoms with Gasteiger partial charge >= 0.3 is 0 Å². The molecule has 2 rings (SSSR count). The number of hydrogen-bond donors (Lipinski definition) is 1. The largest absolute Gasteiger partial charge is 0.483 e. The van der Waals surface area contributed by atoms with Gasteiger partial charge < -0.3 is 10.5 Å². The molecule has 5 nitrogen and oxygen atoms in total. The van der Waals surface area contributed by atoms with E-state index in [0.717, 1.165) is 12.1 Å². The minimum Gasteiger partial charge on any atom is -0.483 e. The van der Waals surface area contributed by atoms with Crippen LogP contribution in [0.15, 0.2) is 24.5 Å². The van der Waals surface area contributed by atoms with E-state index in [1.807, 2.05) is 6.07 Å². The quantitative estimate of drug-likeness (QED) is 0.849. The topological polar surface area (TPSA) is 66.0 Å². The Balaban J connectivity index is 2.01. The van der Waals surface area contributed by atoms with Gasteiger partial charge in [0.25, 0.3) is 0 Å². The highest BCUT2D eigenvalue weighted by Crippen LogP contribution is 2.19. The fraction of sp³-hybridized carbons (Fsp3) is 0.467. The zero-order valence-corrected chi connectivity index (χ0v) is 12.4. The second-order valence-electron chi connectivity index (χ2n) is 5.34. The highest BCUT2D eigenvalue weighted by Gasteiger charge is 2.09. The van der Waals surface area contributed by atoms with Crippen LogP contribution in [-0.4, -0.2) is 21.3 Å². The molecule has 0 unspecified atom stereocenters. The van der Waals surface area contributed by atoms with Gasteiger partial charge in [0.1, 0.15) is 12.9 Å². The third-order valence-electron chi connectivity index (χ3n) is 3.02. The minimum atomic E-state index is -0.379. The average Bonchev–Trinajstić information content (AvgIpc) is 2.85. The summed E-state index contributed by atoms with van der Waals surface area (Å²) in [5.74, 6) is 0.984. The summed E-state index contributed by atoms with van der Waals surface area (Å²) in [7, 11) is 0. The molecule has 1 heterocycles. The van der Waals surface area contributed by atoms with E-state index < -0.39 is 0 Å². The Morgan fingerprint density at radius 2 is 2.19 bits per heavy atom. The lowest BCUT2D eigenvalue weighted by Crippen LogP contribution is -2.12. The van der Waals surface area contributed by atoms with Gasteiger partial charge in [-0.3, -0.25) is 0 Å². The highest BCUT2D eigenvalue weighted by molar-refractivity contribution is 5.29. The summed E-state index contributed by atoms with van der Waals surface area (Å²) < 4.78 is 21.2. The number of ether oxygens (including phenoxy) is 1. The third kappa shape index (κ3) is 4.26. The van der Waals surface area contributed by atoms with Gasteiger partial charge in [0.2, 0.25) is 0 Å². The summed E-state index contributed by atoms with van der Waals surface area (Å²) in [4.78, 5) is 4.15. The van der Waals surface area contributed by atoms with Gasteiger partial charge in [0.15, 0.2) is 17.4 Å². The number of halogens is 1. The molecule has 21 heavy (non-hydrogen) atoms. The summed E-state index contributed by atoms with van der Waals surface area (Å²) in [6, 6.07) is 4.91. The molecule has 0 amide bonds. The first-order valence-corrected chi connectivity index (χ1v) is 7.08. The molecule has 0 saturated carbocycles. The maximum Gasteiger partial charge on any atom is 0.165 e. The Morgan fingerprint density at radius 1 is 1.38 bits per heavy atom. The van der Waals surface area contributed by atoms with Gasteiger partial charge in [-0.2, -0.15) is 5.10 Å². The molecule has 2 aromatic rings. The van der Waals surface area contributed by atoms with E-state index in [0.29, 0.717) is 24.7 Å². The van der Waals surface area contributed by atoms with Crippen molar-refractivity contribution in [1.82, 2.24) is 14.8 Å². The van der Waals surface area contributed by atoms with Crippen LogP contribution in [-0.2, 0) is 19.6 Å². The lowest BCUT2D eigenvalue weighted by molar-refractivity contribution is 0.269. The molecule has 0 aliphatic rings. The van der Waals surface area contributed by atoms with E-state index in [9.17, 15) is 4.39 Å². The first-order chi connectivity index (χ1) is 10.1. The van der Waals surface area contributed by atoms with Gasteiger partial charge in [0.05, 0.1) is 0 Å². The van der Waals surface area contributed by atoms with Crippen LogP contribution in [0.1, 0.15) is 25.2 Å². The number of nitrogens with two attached hydrogens (primary N) is 1. The van der Waals surface area contributed by atoms with E-state index in [1.54, 1.807) is 10.7 Å². The summed E-state index contributed by atoms with van der Waals surface area (Å²) in [5, 5.41) is 4.15. The number of aromatic nitrogens is 3. The van der Waals surface area contributed by atoms with Crippen LogP contribution in [0.5, 0.6) is 5.75 Å². The molecular weight excluding hydrogens is 271 g/mol. The molecule has 0 atom stereocenters. The third-order valence-corrected chi connectivity index (χ3v) is 3.02. The van der Waals surface area contributed by atoms with Crippen molar-refractivity contribution >= 4 is 0 Å². The normalized spacial score (nSPS) is 11.1. The molecule has 0 radical (unpaired) electrons. The second-order valence-corrected chi connectivity index (χ2v) is 5.34. The summed E-state index contributed by atoms with van der Waals surface area (Å²) in [6.45, 7) is 5.65. The smallest absolute Gasteiger partial charge is 0.165 e. The predicted octanol–water partition coefficient (Wildman–Crippen LogP) is 2.15. The van der Waals surface area contributed by atoms with E-state index in [-0.39, 0.29) is 18.2 Å². The van der Waals surface area contributed by atoms with Gasteiger partial charge in [-0.1, -0.05) is 19.9 Å². The summed E-state index contributed by atoms with van der Waals surface area (Å²) >= 11 is 0. The van der Waals surface area contributed by atoms with Crippen LogP contribution >= 0.6 is 0 Å². The minimum absolute atomic E-state index is 0.194. The highest BCUT2D eigenvalue weighted by atomic mass is 19.1. The number of benzene rings is 1. The fourth-order valence-corrected chi connectivity index (χ4v) is 2.02. The Hall–Kier alpha value is -1.95. The monoisotopic (exact) mass is 292 g/mol. The van der Waals surface area contributed by atoms with Gasteiger partial charge in [-0.15, -0.1) is 0 Å². The lowest BCUT2D eigenvalue weighted by Gasteiger charge is -2.10. The van der Waals surface area contributed by atoms with Crippen molar-refractivity contribution in [2.45, 2.75) is 33.4 Å². The molecule has 0 saturated heterocycles. The van der Waals surface area contributed by atoms with E-state index >= 15 is 0 Å². The Bertz CT molecular complexity index is 583. The first-order valence-electron chi connectivity index (χ1n) is 7.08. The van der Waals surface area contributed by atoms with Crippen LogP contribution in [0.3, 0.4) is 0 Å². The standard InChI is InChI=1S/C15H21FN4O/c1-11(2)8-20-15(18-10-19-20)9-21-14-4-3-12(5-6-17)7-13(14)16/h3-4,7,10-11H,5-6,8-9,17H2,1-2H3.